The van der Waals surface area contributed by atoms with Crippen LogP contribution >= 0.6 is 0 Å². The number of unbranched alkanes of at least 4 members (excludes halogenated alkanes) is 3. The molecule has 0 heterocycles. The third-order valence-corrected chi connectivity index (χ3v) is 2.92. The van der Waals surface area contributed by atoms with Crippen LogP contribution in [0.4, 0.5) is 0 Å². The highest BCUT2D eigenvalue weighted by Crippen LogP contribution is 2.11. The van der Waals surface area contributed by atoms with E-state index in [-0.39, 0.29) is 0 Å². The van der Waals surface area contributed by atoms with Gasteiger partial charge in [-0.05, 0) is 18.3 Å². The lowest BCUT2D eigenvalue weighted by Crippen LogP contribution is -2.22. The Hall–Kier alpha value is -0.460. The standard InChI is InChI=1S/C14H29N/c1-6-7-8-9-10-13(4)11-15-14(5)12(2)3/h12-13,15H,5-11H2,1-4H3. The van der Waals surface area contributed by atoms with Crippen LogP contribution in [0.5, 0.6) is 0 Å². The molecule has 0 bridgehead atoms. The van der Waals surface area contributed by atoms with Crippen LogP contribution < -0.4 is 5.32 Å². The molecule has 0 aliphatic rings. The molecule has 0 aromatic heterocycles. The molecule has 0 saturated heterocycles. The van der Waals surface area contributed by atoms with Crippen LogP contribution in [-0.4, -0.2) is 6.54 Å². The van der Waals surface area contributed by atoms with E-state index in [9.17, 15) is 0 Å². The normalized spacial score (nSPS) is 12.9. The van der Waals surface area contributed by atoms with Gasteiger partial charge in [-0.3, -0.25) is 0 Å². The molecule has 0 amide bonds. The molecule has 15 heavy (non-hydrogen) atoms. The first-order valence-electron chi connectivity index (χ1n) is 6.50. The van der Waals surface area contributed by atoms with Gasteiger partial charge >= 0.3 is 0 Å². The van der Waals surface area contributed by atoms with Crippen LogP contribution in [0.25, 0.3) is 0 Å². The van der Waals surface area contributed by atoms with Crippen molar-refractivity contribution >= 4 is 0 Å². The van der Waals surface area contributed by atoms with Crippen LogP contribution in [0.3, 0.4) is 0 Å². The van der Waals surface area contributed by atoms with E-state index in [1.807, 2.05) is 0 Å². The largest absolute Gasteiger partial charge is 0.388 e. The van der Waals surface area contributed by atoms with Gasteiger partial charge < -0.3 is 5.32 Å². The zero-order chi connectivity index (χ0) is 11.7. The molecule has 1 N–H and O–H groups in total. The molecular weight excluding hydrogens is 182 g/mol. The molecule has 90 valence electrons. The van der Waals surface area contributed by atoms with Gasteiger partial charge in [-0.25, -0.2) is 0 Å². The van der Waals surface area contributed by atoms with Gasteiger partial charge in [0.05, 0.1) is 0 Å². The summed E-state index contributed by atoms with van der Waals surface area (Å²) in [4.78, 5) is 0. The van der Waals surface area contributed by atoms with E-state index >= 15 is 0 Å². The molecule has 0 fully saturated rings. The maximum Gasteiger partial charge on any atom is 0.0169 e. The lowest BCUT2D eigenvalue weighted by Gasteiger charge is -2.17. The first kappa shape index (κ1) is 14.5. The summed E-state index contributed by atoms with van der Waals surface area (Å²) in [6.07, 6.45) is 6.84. The first-order chi connectivity index (χ1) is 7.07. The van der Waals surface area contributed by atoms with E-state index in [1.165, 1.54) is 37.8 Å². The van der Waals surface area contributed by atoms with Gasteiger partial charge in [0.2, 0.25) is 0 Å². The second kappa shape index (κ2) is 8.82. The van der Waals surface area contributed by atoms with Crippen molar-refractivity contribution in [2.24, 2.45) is 11.8 Å². The third kappa shape index (κ3) is 8.53. The predicted octanol–water partition coefficient (Wildman–Crippen LogP) is 4.35. The summed E-state index contributed by atoms with van der Waals surface area (Å²) in [6.45, 7) is 14.1. The summed E-state index contributed by atoms with van der Waals surface area (Å²) >= 11 is 0. The highest BCUT2D eigenvalue weighted by molar-refractivity contribution is 4.94. The number of allylic oxidation sites excluding steroid dienone is 1. The van der Waals surface area contributed by atoms with Crippen LogP contribution in [0, 0.1) is 11.8 Å². The summed E-state index contributed by atoms with van der Waals surface area (Å²) in [6, 6.07) is 0. The lowest BCUT2D eigenvalue weighted by atomic mass is 10.0. The molecule has 0 aliphatic carbocycles. The highest BCUT2D eigenvalue weighted by atomic mass is 14.9. The molecule has 0 aliphatic heterocycles. The monoisotopic (exact) mass is 211 g/mol. The molecule has 1 unspecified atom stereocenters. The minimum absolute atomic E-state index is 0.553. The second-order valence-electron chi connectivity index (χ2n) is 5.02. The van der Waals surface area contributed by atoms with E-state index < -0.39 is 0 Å². The quantitative estimate of drug-likeness (QED) is 0.559. The van der Waals surface area contributed by atoms with Gasteiger partial charge in [0.1, 0.15) is 0 Å². The maximum absolute atomic E-state index is 4.02. The van der Waals surface area contributed by atoms with Crippen LogP contribution in [0.2, 0.25) is 0 Å². The Morgan fingerprint density at radius 2 is 1.80 bits per heavy atom. The van der Waals surface area contributed by atoms with E-state index in [2.05, 4.69) is 39.6 Å². The van der Waals surface area contributed by atoms with Crippen molar-refractivity contribution in [2.75, 3.05) is 6.54 Å². The number of hydrogen-bond donors (Lipinski definition) is 1. The number of hydrogen-bond acceptors (Lipinski definition) is 1. The van der Waals surface area contributed by atoms with Crippen molar-refractivity contribution in [1.29, 1.82) is 0 Å². The number of nitrogens with one attached hydrogen (secondary N) is 1. The van der Waals surface area contributed by atoms with Crippen molar-refractivity contribution in [3.8, 4) is 0 Å². The average molecular weight is 211 g/mol. The predicted molar refractivity (Wildman–Crippen MR) is 69.9 cm³/mol. The Kier molecular flexibility index (Phi) is 8.55. The van der Waals surface area contributed by atoms with E-state index in [0.29, 0.717) is 5.92 Å². The SMILES string of the molecule is C=C(NCC(C)CCCCCC)C(C)C. The van der Waals surface area contributed by atoms with E-state index in [1.54, 1.807) is 0 Å². The van der Waals surface area contributed by atoms with Gasteiger partial charge in [-0.1, -0.05) is 60.0 Å². The molecule has 0 saturated carbocycles. The molecule has 0 radical (unpaired) electrons. The van der Waals surface area contributed by atoms with E-state index in [4.69, 9.17) is 0 Å². The number of rotatable bonds is 9. The van der Waals surface area contributed by atoms with Crippen molar-refractivity contribution in [2.45, 2.75) is 59.8 Å². The third-order valence-electron chi connectivity index (χ3n) is 2.92. The minimum Gasteiger partial charge on any atom is -0.388 e. The summed E-state index contributed by atoms with van der Waals surface area (Å²) in [5.74, 6) is 1.33. The summed E-state index contributed by atoms with van der Waals surface area (Å²) in [5, 5.41) is 3.43. The smallest absolute Gasteiger partial charge is 0.0169 e. The van der Waals surface area contributed by atoms with Gasteiger partial charge in [0, 0.05) is 12.2 Å². The van der Waals surface area contributed by atoms with Crippen LogP contribution in [-0.2, 0) is 0 Å². The Morgan fingerprint density at radius 3 is 2.33 bits per heavy atom. The van der Waals surface area contributed by atoms with Crippen molar-refractivity contribution in [3.05, 3.63) is 12.3 Å². The van der Waals surface area contributed by atoms with Crippen LogP contribution in [0.15, 0.2) is 12.3 Å². The Labute approximate surface area is 96.3 Å². The topological polar surface area (TPSA) is 12.0 Å². The molecule has 0 rings (SSSR count). The van der Waals surface area contributed by atoms with Gasteiger partial charge in [0.15, 0.2) is 0 Å². The van der Waals surface area contributed by atoms with Crippen LogP contribution in [0.1, 0.15) is 59.8 Å². The molecule has 1 heteroatoms. The Balaban J connectivity index is 3.40. The second-order valence-corrected chi connectivity index (χ2v) is 5.02. The Morgan fingerprint density at radius 1 is 1.13 bits per heavy atom. The fraction of sp³-hybridized carbons (Fsp3) is 0.857. The van der Waals surface area contributed by atoms with Gasteiger partial charge in [-0.2, -0.15) is 0 Å². The average Bonchev–Trinajstić information content (AvgIpc) is 2.20. The zero-order valence-corrected chi connectivity index (χ0v) is 11.1. The van der Waals surface area contributed by atoms with Crippen molar-refractivity contribution < 1.29 is 0 Å². The summed E-state index contributed by atoms with van der Waals surface area (Å²) < 4.78 is 0. The fourth-order valence-electron chi connectivity index (χ4n) is 1.53. The molecule has 1 nitrogen and oxygen atoms in total. The molecule has 0 aromatic rings. The molecule has 1 atom stereocenters. The van der Waals surface area contributed by atoms with Crippen molar-refractivity contribution in [1.82, 2.24) is 5.32 Å². The first-order valence-corrected chi connectivity index (χ1v) is 6.50. The maximum atomic E-state index is 4.02. The highest BCUT2D eigenvalue weighted by Gasteiger charge is 2.04. The van der Waals surface area contributed by atoms with Crippen molar-refractivity contribution in [3.63, 3.8) is 0 Å². The fourth-order valence-corrected chi connectivity index (χ4v) is 1.53. The molecular formula is C14H29N. The zero-order valence-electron chi connectivity index (χ0n) is 11.1. The summed E-state index contributed by atoms with van der Waals surface area (Å²) in [7, 11) is 0. The van der Waals surface area contributed by atoms with Gasteiger partial charge in [0.25, 0.3) is 0 Å². The minimum atomic E-state index is 0.553. The summed E-state index contributed by atoms with van der Waals surface area (Å²) in [5.41, 5.74) is 1.18. The Bertz CT molecular complexity index is 161. The lowest BCUT2D eigenvalue weighted by molar-refractivity contribution is 0.462. The van der Waals surface area contributed by atoms with E-state index in [0.717, 1.165) is 12.5 Å². The van der Waals surface area contributed by atoms with Gasteiger partial charge in [-0.15, -0.1) is 0 Å². The molecule has 0 aromatic carbocycles. The molecule has 0 spiro atoms.